The van der Waals surface area contributed by atoms with Gasteiger partial charge in [0.25, 0.3) is 0 Å². The Morgan fingerprint density at radius 3 is 1.96 bits per heavy atom. The molecule has 1 atom stereocenters. The highest BCUT2D eigenvalue weighted by Crippen LogP contribution is 2.16. The van der Waals surface area contributed by atoms with E-state index in [1.807, 2.05) is 18.7 Å². The molecule has 0 bridgehead atoms. The van der Waals surface area contributed by atoms with E-state index in [1.54, 1.807) is 0 Å². The van der Waals surface area contributed by atoms with Crippen molar-refractivity contribution in [1.82, 2.24) is 9.80 Å². The van der Waals surface area contributed by atoms with Gasteiger partial charge in [-0.25, -0.2) is 0 Å². The molecule has 0 saturated heterocycles. The van der Waals surface area contributed by atoms with E-state index in [2.05, 4.69) is 50.2 Å². The van der Waals surface area contributed by atoms with Crippen LogP contribution in [0, 0.1) is 0 Å². The predicted octanol–water partition coefficient (Wildman–Crippen LogP) is 3.04. The van der Waals surface area contributed by atoms with E-state index < -0.39 is 5.54 Å². The quantitative estimate of drug-likeness (QED) is 0.790. The van der Waals surface area contributed by atoms with Crippen molar-refractivity contribution >= 4 is 18.3 Å². The van der Waals surface area contributed by atoms with Crippen molar-refractivity contribution in [3.8, 4) is 0 Å². The Balaban J connectivity index is 0.00000484. The topological polar surface area (TPSA) is 49.6 Å². The number of rotatable bonds is 8. The van der Waals surface area contributed by atoms with Gasteiger partial charge in [0.05, 0.1) is 5.54 Å². The van der Waals surface area contributed by atoms with Crippen molar-refractivity contribution in [2.45, 2.75) is 52.2 Å². The van der Waals surface area contributed by atoms with Gasteiger partial charge in [0.15, 0.2) is 0 Å². The normalized spacial score (nSPS) is 13.3. The molecule has 1 amide bonds. The van der Waals surface area contributed by atoms with Crippen LogP contribution >= 0.6 is 12.4 Å². The maximum Gasteiger partial charge on any atom is 0.242 e. The molecular formula is C18H32ClN3O. The third-order valence-corrected chi connectivity index (χ3v) is 3.82. The number of hydrogen-bond acceptors (Lipinski definition) is 3. The molecule has 0 aliphatic heterocycles. The molecule has 0 heterocycles. The average Bonchev–Trinajstić information content (AvgIpc) is 2.45. The lowest BCUT2D eigenvalue weighted by molar-refractivity contribution is -0.137. The van der Waals surface area contributed by atoms with Crippen molar-refractivity contribution in [1.29, 1.82) is 0 Å². The Kier molecular flexibility index (Phi) is 9.44. The lowest BCUT2D eigenvalue weighted by Crippen LogP contribution is -2.52. The Hall–Kier alpha value is -1.10. The Bertz CT molecular complexity index is 472. The summed E-state index contributed by atoms with van der Waals surface area (Å²) in [5.74, 6) is 0.0363. The molecule has 1 aromatic rings. The fourth-order valence-corrected chi connectivity index (χ4v) is 2.65. The summed E-state index contributed by atoms with van der Waals surface area (Å²) in [5, 5.41) is 0. The van der Waals surface area contributed by atoms with Crippen molar-refractivity contribution in [3.63, 3.8) is 0 Å². The number of carbonyl (C=O) groups excluding carboxylic acids is 1. The second-order valence-electron chi connectivity index (χ2n) is 6.54. The van der Waals surface area contributed by atoms with Crippen LogP contribution in [-0.4, -0.2) is 41.9 Å². The van der Waals surface area contributed by atoms with E-state index in [-0.39, 0.29) is 18.3 Å². The number of nitrogens with zero attached hydrogens (tertiary/aromatic N) is 2. The summed E-state index contributed by atoms with van der Waals surface area (Å²) < 4.78 is 0. The van der Waals surface area contributed by atoms with E-state index in [0.717, 1.165) is 18.5 Å². The fourth-order valence-electron chi connectivity index (χ4n) is 2.65. The van der Waals surface area contributed by atoms with Crippen molar-refractivity contribution < 1.29 is 4.79 Å². The summed E-state index contributed by atoms with van der Waals surface area (Å²) >= 11 is 0. The van der Waals surface area contributed by atoms with Gasteiger partial charge in [-0.15, -0.1) is 12.4 Å². The van der Waals surface area contributed by atoms with Crippen LogP contribution in [-0.2, 0) is 17.9 Å². The fraction of sp³-hybridized carbons (Fsp3) is 0.611. The van der Waals surface area contributed by atoms with Crippen LogP contribution in [0.3, 0.4) is 0 Å². The monoisotopic (exact) mass is 341 g/mol. The van der Waals surface area contributed by atoms with Crippen molar-refractivity contribution in [2.75, 3.05) is 20.6 Å². The number of nitrogens with two attached hydrogens (primary N) is 1. The SMILES string of the molecule is CCCC(C)(N)C(=O)N(CC)Cc1ccc(CN(C)C)cc1.Cl. The van der Waals surface area contributed by atoms with E-state index in [1.165, 1.54) is 5.56 Å². The van der Waals surface area contributed by atoms with Gasteiger partial charge in [-0.05, 0) is 45.5 Å². The van der Waals surface area contributed by atoms with Gasteiger partial charge >= 0.3 is 0 Å². The van der Waals surface area contributed by atoms with Gasteiger partial charge in [0.2, 0.25) is 5.91 Å². The van der Waals surface area contributed by atoms with Crippen LogP contribution < -0.4 is 5.73 Å². The molecule has 2 N–H and O–H groups in total. The molecule has 1 rings (SSSR count). The summed E-state index contributed by atoms with van der Waals surface area (Å²) in [5.41, 5.74) is 7.83. The van der Waals surface area contributed by atoms with Gasteiger partial charge in [-0.3, -0.25) is 4.79 Å². The largest absolute Gasteiger partial charge is 0.337 e. The van der Waals surface area contributed by atoms with E-state index >= 15 is 0 Å². The van der Waals surface area contributed by atoms with Crippen LogP contribution in [0.25, 0.3) is 0 Å². The Morgan fingerprint density at radius 1 is 1.09 bits per heavy atom. The molecule has 0 radical (unpaired) electrons. The van der Waals surface area contributed by atoms with Crippen molar-refractivity contribution in [2.24, 2.45) is 5.73 Å². The van der Waals surface area contributed by atoms with Gasteiger partial charge in [0, 0.05) is 19.6 Å². The molecule has 0 saturated carbocycles. The average molecular weight is 342 g/mol. The Labute approximate surface area is 147 Å². The first-order valence-electron chi connectivity index (χ1n) is 8.11. The molecule has 0 spiro atoms. The minimum atomic E-state index is -0.768. The summed E-state index contributed by atoms with van der Waals surface area (Å²) in [6.07, 6.45) is 1.62. The van der Waals surface area contributed by atoms with Crippen LogP contribution in [0.15, 0.2) is 24.3 Å². The molecule has 0 fully saturated rings. The number of carbonyl (C=O) groups is 1. The zero-order chi connectivity index (χ0) is 16.8. The Morgan fingerprint density at radius 2 is 1.57 bits per heavy atom. The highest BCUT2D eigenvalue weighted by atomic mass is 35.5. The smallest absolute Gasteiger partial charge is 0.242 e. The third kappa shape index (κ3) is 6.90. The molecule has 0 aromatic heterocycles. The summed E-state index contributed by atoms with van der Waals surface area (Å²) in [6.45, 7) is 8.11. The second-order valence-corrected chi connectivity index (χ2v) is 6.54. The molecule has 132 valence electrons. The van der Waals surface area contributed by atoms with Gasteiger partial charge in [0.1, 0.15) is 0 Å². The van der Waals surface area contributed by atoms with Gasteiger partial charge in [-0.2, -0.15) is 0 Å². The zero-order valence-electron chi connectivity index (χ0n) is 15.1. The maximum atomic E-state index is 12.6. The maximum absolute atomic E-state index is 12.6. The van der Waals surface area contributed by atoms with Crippen LogP contribution in [0.5, 0.6) is 0 Å². The molecule has 1 aromatic carbocycles. The van der Waals surface area contributed by atoms with Crippen LogP contribution in [0.2, 0.25) is 0 Å². The first-order valence-corrected chi connectivity index (χ1v) is 8.11. The lowest BCUT2D eigenvalue weighted by atomic mass is 9.95. The molecule has 4 nitrogen and oxygen atoms in total. The molecular weight excluding hydrogens is 310 g/mol. The molecule has 5 heteroatoms. The molecule has 1 unspecified atom stereocenters. The number of benzene rings is 1. The van der Waals surface area contributed by atoms with Gasteiger partial charge in [-0.1, -0.05) is 37.6 Å². The predicted molar refractivity (Wildman–Crippen MR) is 99.7 cm³/mol. The standard InChI is InChI=1S/C18H31N3O.ClH/c1-6-12-18(3,19)17(22)21(7-2)14-16-10-8-15(9-11-16)13-20(4)5;/h8-11H,6-7,12-14,19H2,1-5H3;1H. The van der Waals surface area contributed by atoms with Crippen LogP contribution in [0.4, 0.5) is 0 Å². The lowest BCUT2D eigenvalue weighted by Gasteiger charge is -2.31. The third-order valence-electron chi connectivity index (χ3n) is 3.82. The van der Waals surface area contributed by atoms with Crippen molar-refractivity contribution in [3.05, 3.63) is 35.4 Å². The minimum Gasteiger partial charge on any atom is -0.337 e. The van der Waals surface area contributed by atoms with E-state index in [0.29, 0.717) is 19.5 Å². The molecule has 23 heavy (non-hydrogen) atoms. The summed E-state index contributed by atoms with van der Waals surface area (Å²) in [6, 6.07) is 8.45. The number of amides is 1. The number of hydrogen-bond donors (Lipinski definition) is 1. The first-order chi connectivity index (χ1) is 10.3. The van der Waals surface area contributed by atoms with Crippen LogP contribution in [0.1, 0.15) is 44.7 Å². The second kappa shape index (κ2) is 9.91. The molecule has 0 aliphatic rings. The highest BCUT2D eigenvalue weighted by Gasteiger charge is 2.31. The minimum absolute atomic E-state index is 0. The first kappa shape index (κ1) is 21.9. The van der Waals surface area contributed by atoms with E-state index in [9.17, 15) is 4.79 Å². The number of likely N-dealkylation sites (N-methyl/N-ethyl adjacent to an activating group) is 1. The molecule has 0 aliphatic carbocycles. The summed E-state index contributed by atoms with van der Waals surface area (Å²) in [7, 11) is 4.11. The van der Waals surface area contributed by atoms with Gasteiger partial charge < -0.3 is 15.5 Å². The highest BCUT2D eigenvalue weighted by molar-refractivity contribution is 5.85. The number of halogens is 1. The zero-order valence-corrected chi connectivity index (χ0v) is 15.9. The summed E-state index contributed by atoms with van der Waals surface area (Å²) in [4.78, 5) is 16.6. The van der Waals surface area contributed by atoms with E-state index in [4.69, 9.17) is 5.73 Å².